The lowest BCUT2D eigenvalue weighted by molar-refractivity contribution is -0.406. The summed E-state index contributed by atoms with van der Waals surface area (Å²) in [6, 6.07) is 0. The van der Waals surface area contributed by atoms with Gasteiger partial charge in [-0.25, -0.2) is 4.79 Å². The zero-order valence-corrected chi connectivity index (χ0v) is 45.5. The van der Waals surface area contributed by atoms with Crippen LogP contribution >= 0.6 is 0 Å². The second kappa shape index (κ2) is 20.5. The average molecular weight is 1110 g/mol. The third-order valence-electron chi connectivity index (χ3n) is 22.5. The van der Waals surface area contributed by atoms with Gasteiger partial charge in [-0.3, -0.25) is 0 Å². The Morgan fingerprint density at radius 1 is 0.532 bits per heavy atom. The van der Waals surface area contributed by atoms with E-state index in [9.17, 15) is 71.2 Å². The normalized spacial score (nSPS) is 57.0. The van der Waals surface area contributed by atoms with Crippen molar-refractivity contribution in [1.82, 2.24) is 0 Å². The van der Waals surface area contributed by atoms with Crippen molar-refractivity contribution in [2.45, 2.75) is 260 Å². The number of fused-ring (bicyclic) bond motifs is 4. The fourth-order valence-electron chi connectivity index (χ4n) is 17.9. The molecule has 4 unspecified atom stereocenters. The first-order valence-electron chi connectivity index (χ1n) is 28.1. The molecule has 0 aromatic rings. The Hall–Kier alpha value is -1.37. The van der Waals surface area contributed by atoms with Crippen molar-refractivity contribution in [2.24, 2.45) is 50.2 Å². The lowest BCUT2D eigenvalue weighted by Crippen LogP contribution is -2.74. The van der Waals surface area contributed by atoms with Crippen molar-refractivity contribution in [3.8, 4) is 0 Å². The SMILES string of the molecule is C[C@@H]1O[C@@H](O[C@H]2[C@H](O[C@H]3[C@H](O)[C@@H](C(=O)O)O[C@@H](O[C@H]4CC[C@@]5(C)C(CC[C@]6(C)C5CC[C@]57OC[C@@]8(CCC(C)(C)CC85)[C@H](O)C[C@]76C)C4(C)C)[C@@H]3OC3O[C@H](CO)[C@@H](O)[C@H](O)[C@@H]3O)O[C@H](CO)[C@H](O)[C@@H]2O)[C@H](O)[C@H](O)[C@H]1O. The fourth-order valence-corrected chi connectivity index (χ4v) is 17.9. The van der Waals surface area contributed by atoms with Crippen molar-refractivity contribution in [3.05, 3.63) is 0 Å². The maximum absolute atomic E-state index is 13.2. The van der Waals surface area contributed by atoms with Crippen LogP contribution in [0.4, 0.5) is 0 Å². The molecule has 0 aromatic heterocycles. The number of carboxylic acid groups (broad SMARTS) is 1. The van der Waals surface area contributed by atoms with Gasteiger partial charge in [0, 0.05) is 10.8 Å². The molecule has 23 nitrogen and oxygen atoms in total. The molecule has 5 aliphatic carbocycles. The smallest absolute Gasteiger partial charge is 0.335 e. The van der Waals surface area contributed by atoms with Crippen molar-refractivity contribution in [1.29, 1.82) is 0 Å². The molecule has 5 heterocycles. The van der Waals surface area contributed by atoms with Crippen LogP contribution in [0.15, 0.2) is 0 Å². The van der Waals surface area contributed by atoms with Crippen LogP contribution in [0.3, 0.4) is 0 Å². The Labute approximate surface area is 449 Å². The van der Waals surface area contributed by atoms with Gasteiger partial charge in [0.05, 0.1) is 43.7 Å². The molecule has 5 saturated heterocycles. The molecule has 5 aliphatic heterocycles. The van der Waals surface area contributed by atoms with Gasteiger partial charge >= 0.3 is 5.97 Å². The van der Waals surface area contributed by atoms with Crippen LogP contribution < -0.4 is 0 Å². The summed E-state index contributed by atoms with van der Waals surface area (Å²) in [5.74, 6) is -1.19. The van der Waals surface area contributed by atoms with E-state index in [1.165, 1.54) is 6.92 Å². The molecule has 0 radical (unpaired) electrons. The molecule has 0 aromatic carbocycles. The monoisotopic (exact) mass is 1100 g/mol. The minimum absolute atomic E-state index is 0.0214. The van der Waals surface area contributed by atoms with Crippen LogP contribution in [0, 0.1) is 50.2 Å². The van der Waals surface area contributed by atoms with Gasteiger partial charge in [-0.15, -0.1) is 0 Å². The number of carbonyl (C=O) groups is 1. The first kappa shape index (κ1) is 58.8. The van der Waals surface area contributed by atoms with E-state index >= 15 is 0 Å². The minimum Gasteiger partial charge on any atom is -0.479 e. The van der Waals surface area contributed by atoms with Crippen LogP contribution in [0.2, 0.25) is 0 Å². The predicted octanol–water partition coefficient (Wildman–Crippen LogP) is -1.23. The maximum Gasteiger partial charge on any atom is 0.335 e. The largest absolute Gasteiger partial charge is 0.479 e. The Kier molecular flexibility index (Phi) is 15.6. The van der Waals surface area contributed by atoms with Crippen LogP contribution in [-0.2, 0) is 47.4 Å². The van der Waals surface area contributed by atoms with E-state index < -0.39 is 160 Å². The lowest BCUT2D eigenvalue weighted by Gasteiger charge is -2.75. The van der Waals surface area contributed by atoms with E-state index in [1.54, 1.807) is 0 Å². The molecule has 1 spiro atoms. The van der Waals surface area contributed by atoms with E-state index in [2.05, 4.69) is 48.5 Å². The maximum atomic E-state index is 13.2. The summed E-state index contributed by atoms with van der Waals surface area (Å²) < 4.78 is 56.4. The third-order valence-corrected chi connectivity index (χ3v) is 22.5. The number of aliphatic hydroxyl groups excluding tert-OH is 12. The molecule has 77 heavy (non-hydrogen) atoms. The summed E-state index contributed by atoms with van der Waals surface area (Å²) in [5.41, 5.74) is -1.95. The number of hydrogen-bond acceptors (Lipinski definition) is 22. The summed E-state index contributed by atoms with van der Waals surface area (Å²) in [6.45, 7) is 16.3. The summed E-state index contributed by atoms with van der Waals surface area (Å²) >= 11 is 0. The van der Waals surface area contributed by atoms with Crippen LogP contribution in [0.1, 0.15) is 120 Å². The fraction of sp³-hybridized carbons (Fsp3) is 0.981. The highest BCUT2D eigenvalue weighted by molar-refractivity contribution is 5.73. The summed E-state index contributed by atoms with van der Waals surface area (Å²) in [7, 11) is 0. The van der Waals surface area contributed by atoms with E-state index in [-0.39, 0.29) is 50.4 Å². The molecule has 0 amide bonds. The summed E-state index contributed by atoms with van der Waals surface area (Å²) in [5, 5.41) is 143. The molecule has 23 heteroatoms. The second-order valence-corrected chi connectivity index (χ2v) is 27.1. The van der Waals surface area contributed by atoms with Crippen LogP contribution in [0.25, 0.3) is 0 Å². The number of rotatable bonds is 11. The Morgan fingerprint density at radius 3 is 1.75 bits per heavy atom. The summed E-state index contributed by atoms with van der Waals surface area (Å²) in [4.78, 5) is 13.2. The molecule has 10 aliphatic rings. The summed E-state index contributed by atoms with van der Waals surface area (Å²) in [6.07, 6.45) is -30.0. The first-order valence-corrected chi connectivity index (χ1v) is 28.1. The number of aliphatic hydroxyl groups is 12. The molecule has 30 atom stereocenters. The topological polar surface area (TPSA) is 363 Å². The quantitative estimate of drug-likeness (QED) is 0.108. The van der Waals surface area contributed by atoms with Crippen molar-refractivity contribution >= 4 is 5.97 Å². The average Bonchev–Trinajstić information content (AvgIpc) is 3.93. The van der Waals surface area contributed by atoms with E-state index in [4.69, 9.17) is 42.6 Å². The van der Waals surface area contributed by atoms with Gasteiger partial charge in [-0.2, -0.15) is 0 Å². The number of hydrogen-bond donors (Lipinski definition) is 13. The molecule has 442 valence electrons. The molecule has 10 rings (SSSR count). The van der Waals surface area contributed by atoms with Crippen molar-refractivity contribution in [2.75, 3.05) is 19.8 Å². The van der Waals surface area contributed by atoms with E-state index in [0.717, 1.165) is 44.9 Å². The first-order chi connectivity index (χ1) is 36.0. The van der Waals surface area contributed by atoms with Gasteiger partial charge in [0.1, 0.15) is 85.5 Å². The second-order valence-electron chi connectivity index (χ2n) is 27.1. The number of ether oxygens (including phenoxy) is 9. The Bertz CT molecular complexity index is 2140. The molecular weight excluding hydrogens is 1020 g/mol. The van der Waals surface area contributed by atoms with Gasteiger partial charge < -0.3 is 109 Å². The number of aliphatic carboxylic acids is 1. The van der Waals surface area contributed by atoms with Gasteiger partial charge in [0.15, 0.2) is 31.3 Å². The minimum atomic E-state index is -2.22. The highest BCUT2D eigenvalue weighted by Gasteiger charge is 2.80. The van der Waals surface area contributed by atoms with Gasteiger partial charge in [-0.05, 0) is 111 Å². The Morgan fingerprint density at radius 2 is 1.10 bits per heavy atom. The van der Waals surface area contributed by atoms with Crippen molar-refractivity contribution in [3.63, 3.8) is 0 Å². The van der Waals surface area contributed by atoms with E-state index in [0.29, 0.717) is 25.9 Å². The van der Waals surface area contributed by atoms with Gasteiger partial charge in [0.25, 0.3) is 0 Å². The molecule has 10 fully saturated rings. The van der Waals surface area contributed by atoms with E-state index in [1.807, 2.05) is 0 Å². The van der Waals surface area contributed by atoms with Crippen LogP contribution in [0.5, 0.6) is 0 Å². The highest BCUT2D eigenvalue weighted by atomic mass is 16.8. The zero-order valence-electron chi connectivity index (χ0n) is 45.5. The molecule has 13 N–H and O–H groups in total. The van der Waals surface area contributed by atoms with Gasteiger partial charge in [0.2, 0.25) is 0 Å². The van der Waals surface area contributed by atoms with Crippen LogP contribution in [-0.4, -0.2) is 233 Å². The molecular formula is C54H88O23. The predicted molar refractivity (Wildman–Crippen MR) is 261 cm³/mol. The van der Waals surface area contributed by atoms with Crippen molar-refractivity contribution < 1.29 is 114 Å². The molecule has 2 bridgehead atoms. The number of carboxylic acids is 1. The molecule has 5 saturated carbocycles. The highest BCUT2D eigenvalue weighted by Crippen LogP contribution is 2.80. The van der Waals surface area contributed by atoms with Gasteiger partial charge in [-0.1, -0.05) is 48.5 Å². The standard InChI is InChI=1S/C54H88O23/c1-22-30(58)33(61)36(64)44(70-22)76-41-35(63)32(60)24(20-56)72-46(41)74-39-38(66)40(43(67)68)75-47(42(39)77-45-37(65)34(62)31(59)23(19-55)71-45)73-29-11-12-50(6)25(49(29,4)5)9-13-51(7)26(50)10-14-54-27-17-48(2,3)15-16-53(27,21-69-54)28(57)18-52(51,54)8/h22-42,44-47,55-66H,9-21H2,1-8H3,(H,67,68)/t22-,23+,24+,25?,26?,27?,28+,29-,30-,31+,32-,33+,34-,35-,36+,37-,38-,39-,40-,41+,42+,44-,45?,46-,47+,50-,51+,52-,53+,54-/m0/s1. The zero-order chi connectivity index (χ0) is 56.1. The third kappa shape index (κ3) is 8.87. The Balaban J connectivity index is 0.969. The lowest BCUT2D eigenvalue weighted by atomic mass is 9.30.